The maximum atomic E-state index is 11.8. The minimum Gasteiger partial charge on any atom is -0.444 e. The van der Waals surface area contributed by atoms with Gasteiger partial charge in [-0.15, -0.1) is 0 Å². The lowest BCUT2D eigenvalue weighted by Crippen LogP contribution is -2.51. The van der Waals surface area contributed by atoms with Crippen molar-refractivity contribution in [1.82, 2.24) is 10.2 Å². The molecule has 0 bridgehead atoms. The Morgan fingerprint density at radius 2 is 1.64 bits per heavy atom. The second kappa shape index (κ2) is 9.60. The van der Waals surface area contributed by atoms with E-state index in [2.05, 4.69) is 5.32 Å². The number of carbonyl (C=O) groups is 3. The van der Waals surface area contributed by atoms with Crippen LogP contribution in [0.2, 0.25) is 0 Å². The van der Waals surface area contributed by atoms with Crippen LogP contribution in [0.25, 0.3) is 0 Å². The molecule has 5 N–H and O–H groups in total. The van der Waals surface area contributed by atoms with Gasteiger partial charge in [0.1, 0.15) is 11.6 Å². The first kappa shape index (κ1) is 21.2. The van der Waals surface area contributed by atoms with E-state index >= 15 is 0 Å². The fourth-order valence-electron chi connectivity index (χ4n) is 2.86. The Morgan fingerprint density at radius 3 is 2.08 bits per heavy atom. The molecule has 2 atom stereocenters. The predicted molar refractivity (Wildman–Crippen MR) is 94.6 cm³/mol. The van der Waals surface area contributed by atoms with Crippen molar-refractivity contribution in [2.24, 2.45) is 11.5 Å². The first-order valence-corrected chi connectivity index (χ1v) is 8.93. The smallest absolute Gasteiger partial charge is 0.410 e. The van der Waals surface area contributed by atoms with E-state index < -0.39 is 23.6 Å². The summed E-state index contributed by atoms with van der Waals surface area (Å²) in [5, 5.41) is 3.04. The normalized spacial score (nSPS) is 23.9. The van der Waals surface area contributed by atoms with Gasteiger partial charge in [0, 0.05) is 6.54 Å². The first-order valence-electron chi connectivity index (χ1n) is 8.93. The largest absolute Gasteiger partial charge is 0.444 e. The topological polar surface area (TPSA) is 128 Å². The van der Waals surface area contributed by atoms with Gasteiger partial charge in [0.25, 0.3) is 0 Å². The van der Waals surface area contributed by atoms with Gasteiger partial charge >= 0.3 is 6.09 Å². The molecule has 0 radical (unpaired) electrons. The fraction of sp³-hybridized carbons (Fsp3) is 0.824. The number of amides is 3. The highest BCUT2D eigenvalue weighted by Crippen LogP contribution is 2.20. The number of likely N-dealkylation sites (tertiary alicyclic amines) is 1. The van der Waals surface area contributed by atoms with Gasteiger partial charge in [-0.2, -0.15) is 0 Å². The Labute approximate surface area is 149 Å². The Balaban J connectivity index is 0.000000293. The van der Waals surface area contributed by atoms with E-state index in [1.807, 2.05) is 0 Å². The number of hydrogen-bond donors (Lipinski definition) is 3. The van der Waals surface area contributed by atoms with Crippen LogP contribution in [0.15, 0.2) is 0 Å². The van der Waals surface area contributed by atoms with Gasteiger partial charge < -0.3 is 21.5 Å². The SMILES string of the molecule is CC(C)(C)OC(=O)N1CCCC[C@H]1C(N)=O.NC(=O)[C@@H]1CCCCN1. The predicted octanol–water partition coefficient (Wildman–Crippen LogP) is 0.875. The van der Waals surface area contributed by atoms with E-state index in [4.69, 9.17) is 16.2 Å². The van der Waals surface area contributed by atoms with Gasteiger partial charge in [0.2, 0.25) is 11.8 Å². The molecular formula is C17H32N4O4. The molecule has 0 spiro atoms. The molecule has 0 saturated carbocycles. The van der Waals surface area contributed by atoms with Crippen molar-refractivity contribution in [3.05, 3.63) is 0 Å². The molecule has 8 nitrogen and oxygen atoms in total. The van der Waals surface area contributed by atoms with Crippen molar-refractivity contribution in [1.29, 1.82) is 0 Å². The molecule has 0 aliphatic carbocycles. The highest BCUT2D eigenvalue weighted by molar-refractivity contribution is 5.84. The fourth-order valence-corrected chi connectivity index (χ4v) is 2.86. The minimum absolute atomic E-state index is 0.0567. The summed E-state index contributed by atoms with van der Waals surface area (Å²) in [6, 6.07) is -0.567. The molecule has 2 rings (SSSR count). The number of piperidine rings is 2. The molecule has 8 heteroatoms. The van der Waals surface area contributed by atoms with E-state index in [0.717, 1.165) is 32.2 Å². The van der Waals surface area contributed by atoms with Gasteiger partial charge in [0.05, 0.1) is 6.04 Å². The summed E-state index contributed by atoms with van der Waals surface area (Å²) in [4.78, 5) is 35.0. The van der Waals surface area contributed by atoms with Crippen LogP contribution in [0, 0.1) is 0 Å². The number of nitrogens with one attached hydrogen (secondary N) is 1. The summed E-state index contributed by atoms with van der Waals surface area (Å²) in [6.07, 6.45) is 5.21. The van der Waals surface area contributed by atoms with E-state index in [1.54, 1.807) is 20.8 Å². The number of hydrogen-bond acceptors (Lipinski definition) is 5. The Morgan fingerprint density at radius 1 is 1.00 bits per heavy atom. The number of ether oxygens (including phenoxy) is 1. The van der Waals surface area contributed by atoms with E-state index in [0.29, 0.717) is 13.0 Å². The Hall–Kier alpha value is -1.83. The van der Waals surface area contributed by atoms with Crippen LogP contribution in [0.1, 0.15) is 59.3 Å². The number of nitrogens with zero attached hydrogens (tertiary/aromatic N) is 1. The van der Waals surface area contributed by atoms with Crippen molar-refractivity contribution < 1.29 is 19.1 Å². The van der Waals surface area contributed by atoms with Gasteiger partial charge in [-0.25, -0.2) is 4.79 Å². The van der Waals surface area contributed by atoms with Crippen LogP contribution in [-0.2, 0) is 14.3 Å². The van der Waals surface area contributed by atoms with Crippen LogP contribution in [0.3, 0.4) is 0 Å². The monoisotopic (exact) mass is 356 g/mol. The summed E-state index contributed by atoms with van der Waals surface area (Å²) in [7, 11) is 0. The molecule has 2 aliphatic heterocycles. The Kier molecular flexibility index (Phi) is 8.15. The molecule has 2 heterocycles. The second-order valence-corrected chi connectivity index (χ2v) is 7.49. The van der Waals surface area contributed by atoms with Gasteiger partial charge in [-0.1, -0.05) is 6.42 Å². The average Bonchev–Trinajstić information content (AvgIpc) is 2.54. The number of rotatable bonds is 2. The lowest BCUT2D eigenvalue weighted by molar-refractivity contribution is -0.124. The molecule has 0 aromatic heterocycles. The highest BCUT2D eigenvalue weighted by atomic mass is 16.6. The minimum atomic E-state index is -0.545. The molecule has 2 saturated heterocycles. The average molecular weight is 356 g/mol. The zero-order valence-corrected chi connectivity index (χ0v) is 15.5. The molecule has 3 amide bonds. The summed E-state index contributed by atoms with van der Waals surface area (Å²) in [5.74, 6) is -0.666. The quantitative estimate of drug-likeness (QED) is 0.676. The zero-order valence-electron chi connectivity index (χ0n) is 15.5. The maximum Gasteiger partial charge on any atom is 0.410 e. The van der Waals surface area contributed by atoms with E-state index in [1.165, 1.54) is 11.3 Å². The lowest BCUT2D eigenvalue weighted by atomic mass is 10.0. The summed E-state index contributed by atoms with van der Waals surface area (Å²) >= 11 is 0. The molecule has 0 unspecified atom stereocenters. The second-order valence-electron chi connectivity index (χ2n) is 7.49. The van der Waals surface area contributed by atoms with Crippen molar-refractivity contribution in [2.45, 2.75) is 77.0 Å². The molecule has 0 aromatic carbocycles. The van der Waals surface area contributed by atoms with Gasteiger partial charge in [-0.05, 0) is 59.4 Å². The Bertz CT molecular complexity index is 470. The molecule has 2 aliphatic rings. The van der Waals surface area contributed by atoms with Crippen molar-refractivity contribution in [2.75, 3.05) is 13.1 Å². The molecule has 144 valence electrons. The van der Waals surface area contributed by atoms with Gasteiger partial charge in [0.15, 0.2) is 0 Å². The van der Waals surface area contributed by atoms with Crippen LogP contribution in [0.5, 0.6) is 0 Å². The maximum absolute atomic E-state index is 11.8. The third-order valence-corrected chi connectivity index (χ3v) is 4.11. The molecule has 2 fully saturated rings. The number of nitrogens with two attached hydrogens (primary N) is 2. The first-order chi connectivity index (χ1) is 11.6. The van der Waals surface area contributed by atoms with Crippen LogP contribution in [0.4, 0.5) is 4.79 Å². The van der Waals surface area contributed by atoms with Crippen molar-refractivity contribution in [3.8, 4) is 0 Å². The lowest BCUT2D eigenvalue weighted by Gasteiger charge is -2.34. The van der Waals surface area contributed by atoms with Crippen LogP contribution < -0.4 is 16.8 Å². The standard InChI is InChI=1S/C11H20N2O3.C6H12N2O/c1-11(2,3)16-10(15)13-7-5-4-6-8(13)9(12)14;7-6(9)5-3-1-2-4-8-5/h8H,4-7H2,1-3H3,(H2,12,14);5,8H,1-4H2,(H2,7,9)/t8-;5-/m00/s1. The summed E-state index contributed by atoms with van der Waals surface area (Å²) < 4.78 is 5.24. The number of carbonyl (C=O) groups excluding carboxylic acids is 3. The number of primary amides is 2. The highest BCUT2D eigenvalue weighted by Gasteiger charge is 2.33. The van der Waals surface area contributed by atoms with E-state index in [9.17, 15) is 14.4 Å². The third-order valence-electron chi connectivity index (χ3n) is 4.11. The van der Waals surface area contributed by atoms with Gasteiger partial charge in [-0.3, -0.25) is 14.5 Å². The van der Waals surface area contributed by atoms with Crippen LogP contribution >= 0.6 is 0 Å². The van der Waals surface area contributed by atoms with Crippen LogP contribution in [-0.4, -0.2) is 53.6 Å². The summed E-state index contributed by atoms with van der Waals surface area (Å²) in [5.41, 5.74) is 9.79. The molecule has 0 aromatic rings. The third kappa shape index (κ3) is 7.72. The zero-order chi connectivity index (χ0) is 19.0. The van der Waals surface area contributed by atoms with Crippen molar-refractivity contribution >= 4 is 17.9 Å². The van der Waals surface area contributed by atoms with E-state index in [-0.39, 0.29) is 11.9 Å². The molecule has 25 heavy (non-hydrogen) atoms. The van der Waals surface area contributed by atoms with Crippen molar-refractivity contribution in [3.63, 3.8) is 0 Å². The summed E-state index contributed by atoms with van der Waals surface area (Å²) in [6.45, 7) is 6.88. The molecular weight excluding hydrogens is 324 g/mol.